The molecule has 0 spiro atoms. The van der Waals surface area contributed by atoms with E-state index >= 15 is 0 Å². The third-order valence-corrected chi connectivity index (χ3v) is 1.80. The van der Waals surface area contributed by atoms with Crippen LogP contribution < -0.4 is 5.73 Å². The van der Waals surface area contributed by atoms with Crippen molar-refractivity contribution < 1.29 is 4.39 Å². The summed E-state index contributed by atoms with van der Waals surface area (Å²) in [5.74, 6) is 0.282. The van der Waals surface area contributed by atoms with Crippen LogP contribution in [0.15, 0.2) is 0 Å². The average Bonchev–Trinajstić information content (AvgIpc) is 2.14. The fourth-order valence-electron chi connectivity index (χ4n) is 1.25. The largest absolute Gasteiger partial charge is 0.328 e. The second-order valence-electron chi connectivity index (χ2n) is 2.59. The van der Waals surface area contributed by atoms with E-state index in [0.717, 1.165) is 19.3 Å². The number of rotatable bonds is 1. The Bertz CT molecular complexity index is 74.9. The summed E-state index contributed by atoms with van der Waals surface area (Å²) in [5.41, 5.74) is 5.53. The average molecular weight is 117 g/mol. The molecule has 2 atom stereocenters. The minimum atomic E-state index is -0.173. The predicted octanol–water partition coefficient (Wildman–Crippen LogP) is 1.08. The summed E-state index contributed by atoms with van der Waals surface area (Å²) >= 11 is 0. The van der Waals surface area contributed by atoms with Crippen LogP contribution in [0, 0.1) is 5.92 Å². The van der Waals surface area contributed by atoms with Gasteiger partial charge in [0, 0.05) is 6.04 Å². The molecular formula is C6H12FN. The fraction of sp³-hybridized carbons (Fsp3) is 1.00. The lowest BCUT2D eigenvalue weighted by atomic mass is 10.1. The van der Waals surface area contributed by atoms with Gasteiger partial charge in [0.2, 0.25) is 0 Å². The molecular weight excluding hydrogens is 105 g/mol. The van der Waals surface area contributed by atoms with E-state index in [1.54, 1.807) is 0 Å². The maximum Gasteiger partial charge on any atom is 0.0923 e. The highest BCUT2D eigenvalue weighted by atomic mass is 19.1. The Hall–Kier alpha value is -0.110. The zero-order chi connectivity index (χ0) is 5.98. The van der Waals surface area contributed by atoms with Gasteiger partial charge in [-0.15, -0.1) is 0 Å². The van der Waals surface area contributed by atoms with Crippen molar-refractivity contribution >= 4 is 0 Å². The third kappa shape index (κ3) is 1.19. The van der Waals surface area contributed by atoms with Crippen molar-refractivity contribution in [3.8, 4) is 0 Å². The van der Waals surface area contributed by atoms with Crippen LogP contribution >= 0.6 is 0 Å². The molecule has 1 saturated carbocycles. The van der Waals surface area contributed by atoms with Crippen LogP contribution in [-0.2, 0) is 0 Å². The molecule has 0 aromatic heterocycles. The molecule has 0 aromatic rings. The standard InChI is InChI=1S/C6H12FN/c7-4-5-1-2-6(8)3-5/h5-6H,1-4,8H2/t5-,6+/m1/s1. The van der Waals surface area contributed by atoms with Gasteiger partial charge in [0.05, 0.1) is 6.67 Å². The molecule has 8 heavy (non-hydrogen) atoms. The van der Waals surface area contributed by atoms with Crippen LogP contribution in [0.3, 0.4) is 0 Å². The van der Waals surface area contributed by atoms with Crippen molar-refractivity contribution in [3.05, 3.63) is 0 Å². The van der Waals surface area contributed by atoms with Crippen LogP contribution in [-0.4, -0.2) is 12.7 Å². The topological polar surface area (TPSA) is 26.0 Å². The maximum absolute atomic E-state index is 11.8. The molecule has 0 heterocycles. The summed E-state index contributed by atoms with van der Waals surface area (Å²) in [6.45, 7) is -0.173. The van der Waals surface area contributed by atoms with E-state index in [2.05, 4.69) is 0 Å². The Kier molecular flexibility index (Phi) is 1.84. The number of halogens is 1. The molecule has 0 unspecified atom stereocenters. The van der Waals surface area contributed by atoms with Crippen molar-refractivity contribution in [2.75, 3.05) is 6.67 Å². The van der Waals surface area contributed by atoms with E-state index in [4.69, 9.17) is 5.73 Å². The van der Waals surface area contributed by atoms with Gasteiger partial charge in [-0.1, -0.05) is 0 Å². The zero-order valence-corrected chi connectivity index (χ0v) is 4.94. The van der Waals surface area contributed by atoms with Gasteiger partial charge < -0.3 is 5.73 Å². The van der Waals surface area contributed by atoms with Gasteiger partial charge in [-0.2, -0.15) is 0 Å². The molecule has 2 N–H and O–H groups in total. The third-order valence-electron chi connectivity index (χ3n) is 1.80. The van der Waals surface area contributed by atoms with E-state index in [1.165, 1.54) is 0 Å². The van der Waals surface area contributed by atoms with Crippen molar-refractivity contribution in [3.63, 3.8) is 0 Å². The first kappa shape index (κ1) is 6.02. The molecule has 0 bridgehead atoms. The van der Waals surface area contributed by atoms with Gasteiger partial charge in [-0.3, -0.25) is 4.39 Å². The van der Waals surface area contributed by atoms with Gasteiger partial charge >= 0.3 is 0 Å². The van der Waals surface area contributed by atoms with E-state index in [-0.39, 0.29) is 18.6 Å². The maximum atomic E-state index is 11.8. The van der Waals surface area contributed by atoms with Crippen LogP contribution in [0.1, 0.15) is 19.3 Å². The Labute approximate surface area is 49.1 Å². The van der Waals surface area contributed by atoms with Crippen molar-refractivity contribution in [2.24, 2.45) is 11.7 Å². The summed E-state index contributed by atoms with van der Waals surface area (Å²) in [7, 11) is 0. The molecule has 1 nitrogen and oxygen atoms in total. The smallest absolute Gasteiger partial charge is 0.0923 e. The molecule has 0 aliphatic heterocycles. The fourth-order valence-corrected chi connectivity index (χ4v) is 1.25. The number of nitrogens with two attached hydrogens (primary N) is 1. The Morgan fingerprint density at radius 1 is 1.50 bits per heavy atom. The molecule has 0 amide bonds. The second kappa shape index (κ2) is 2.44. The Morgan fingerprint density at radius 3 is 2.50 bits per heavy atom. The first-order valence-corrected chi connectivity index (χ1v) is 3.14. The molecule has 1 rings (SSSR count). The summed E-state index contributed by atoms with van der Waals surface area (Å²) < 4.78 is 11.8. The second-order valence-corrected chi connectivity index (χ2v) is 2.59. The minimum Gasteiger partial charge on any atom is -0.328 e. The van der Waals surface area contributed by atoms with Crippen molar-refractivity contribution in [1.29, 1.82) is 0 Å². The van der Waals surface area contributed by atoms with E-state index in [0.29, 0.717) is 0 Å². The Balaban J connectivity index is 2.22. The van der Waals surface area contributed by atoms with Gasteiger partial charge in [0.1, 0.15) is 0 Å². The molecule has 0 aromatic carbocycles. The minimum absolute atomic E-state index is 0.173. The molecule has 0 saturated heterocycles. The monoisotopic (exact) mass is 117 g/mol. The normalized spacial score (nSPS) is 38.2. The lowest BCUT2D eigenvalue weighted by Crippen LogP contribution is -2.14. The number of hydrogen-bond donors (Lipinski definition) is 1. The van der Waals surface area contributed by atoms with Crippen LogP contribution in [0.4, 0.5) is 4.39 Å². The van der Waals surface area contributed by atoms with Crippen molar-refractivity contribution in [2.45, 2.75) is 25.3 Å². The molecule has 48 valence electrons. The van der Waals surface area contributed by atoms with Gasteiger partial charge in [0.25, 0.3) is 0 Å². The van der Waals surface area contributed by atoms with Gasteiger partial charge in [0.15, 0.2) is 0 Å². The van der Waals surface area contributed by atoms with E-state index in [9.17, 15) is 4.39 Å². The van der Waals surface area contributed by atoms with Crippen molar-refractivity contribution in [1.82, 2.24) is 0 Å². The SMILES string of the molecule is N[C@H]1CC[C@@H](CF)C1. The first-order valence-electron chi connectivity index (χ1n) is 3.14. The van der Waals surface area contributed by atoms with Gasteiger partial charge in [-0.25, -0.2) is 0 Å². The van der Waals surface area contributed by atoms with Crippen LogP contribution in [0.2, 0.25) is 0 Å². The predicted molar refractivity (Wildman–Crippen MR) is 31.3 cm³/mol. The highest BCUT2D eigenvalue weighted by Crippen LogP contribution is 2.23. The quantitative estimate of drug-likeness (QED) is 0.546. The lowest BCUT2D eigenvalue weighted by molar-refractivity contribution is 0.365. The summed E-state index contributed by atoms with van der Waals surface area (Å²) in [6.07, 6.45) is 2.92. The van der Waals surface area contributed by atoms with Gasteiger partial charge in [-0.05, 0) is 25.2 Å². The first-order chi connectivity index (χ1) is 3.83. The molecule has 1 fully saturated rings. The summed E-state index contributed by atoms with van der Waals surface area (Å²) in [6, 6.07) is 0.288. The van der Waals surface area contributed by atoms with Crippen LogP contribution in [0.25, 0.3) is 0 Å². The highest BCUT2D eigenvalue weighted by molar-refractivity contribution is 4.76. The molecule has 1 aliphatic rings. The van der Waals surface area contributed by atoms with E-state index < -0.39 is 0 Å². The summed E-state index contributed by atoms with van der Waals surface area (Å²) in [4.78, 5) is 0. The molecule has 2 heteroatoms. The number of hydrogen-bond acceptors (Lipinski definition) is 1. The zero-order valence-electron chi connectivity index (χ0n) is 4.94. The highest BCUT2D eigenvalue weighted by Gasteiger charge is 2.20. The molecule has 0 radical (unpaired) electrons. The van der Waals surface area contributed by atoms with E-state index in [1.807, 2.05) is 0 Å². The summed E-state index contributed by atoms with van der Waals surface area (Å²) in [5, 5.41) is 0. The lowest BCUT2D eigenvalue weighted by Gasteiger charge is -1.99. The Morgan fingerprint density at radius 2 is 2.25 bits per heavy atom. The van der Waals surface area contributed by atoms with Crippen LogP contribution in [0.5, 0.6) is 0 Å². The molecule has 1 aliphatic carbocycles. The number of alkyl halides is 1.